The third-order valence-corrected chi connectivity index (χ3v) is 8.85. The van der Waals surface area contributed by atoms with E-state index in [4.69, 9.17) is 9.47 Å². The molecule has 1 aromatic rings. The number of imide groups is 1. The molecule has 4 aliphatic heterocycles. The van der Waals surface area contributed by atoms with Gasteiger partial charge in [-0.3, -0.25) is 24.6 Å². The van der Waals surface area contributed by atoms with Gasteiger partial charge in [-0.15, -0.1) is 0 Å². The second-order valence-electron chi connectivity index (χ2n) is 11.1. The zero-order valence-corrected chi connectivity index (χ0v) is 20.6. The molecule has 194 valence electrons. The van der Waals surface area contributed by atoms with Gasteiger partial charge in [-0.05, 0) is 68.2 Å². The summed E-state index contributed by atoms with van der Waals surface area (Å²) >= 11 is 0. The van der Waals surface area contributed by atoms with Crippen LogP contribution in [0.1, 0.15) is 67.3 Å². The number of carbonyl (C=O) groups excluding carboxylic acids is 3. The van der Waals surface area contributed by atoms with E-state index in [1.807, 2.05) is 12.1 Å². The third-order valence-electron chi connectivity index (χ3n) is 8.85. The van der Waals surface area contributed by atoms with Crippen LogP contribution in [0, 0.1) is 5.92 Å². The number of carbonyl (C=O) groups is 3. The van der Waals surface area contributed by atoms with Crippen molar-refractivity contribution in [2.75, 3.05) is 26.3 Å². The number of ether oxygens (including phenoxy) is 2. The van der Waals surface area contributed by atoms with Gasteiger partial charge >= 0.3 is 0 Å². The van der Waals surface area contributed by atoms with Crippen molar-refractivity contribution in [2.45, 2.75) is 81.7 Å². The molecule has 0 spiro atoms. The van der Waals surface area contributed by atoms with E-state index in [-0.39, 0.29) is 30.4 Å². The second-order valence-corrected chi connectivity index (χ2v) is 11.1. The molecule has 1 saturated carbocycles. The number of piperidine rings is 1. The van der Waals surface area contributed by atoms with Crippen LogP contribution in [0.2, 0.25) is 0 Å². The fraction of sp³-hybridized carbons (Fsp3) is 0.667. The highest BCUT2D eigenvalue weighted by atomic mass is 16.5. The Kier molecular flexibility index (Phi) is 6.25. The van der Waals surface area contributed by atoms with Crippen LogP contribution < -0.4 is 10.1 Å². The number of nitrogens with zero attached hydrogens (tertiary/aromatic N) is 2. The number of hydrogen-bond donors (Lipinski definition) is 2. The van der Waals surface area contributed by atoms with Gasteiger partial charge in [-0.2, -0.15) is 0 Å². The number of hydrogen-bond acceptors (Lipinski definition) is 7. The monoisotopic (exact) mass is 497 g/mol. The van der Waals surface area contributed by atoms with Crippen molar-refractivity contribution < 1.29 is 29.0 Å². The molecule has 0 bridgehead atoms. The van der Waals surface area contributed by atoms with Crippen molar-refractivity contribution in [1.29, 1.82) is 0 Å². The van der Waals surface area contributed by atoms with E-state index < -0.39 is 17.6 Å². The Morgan fingerprint density at radius 2 is 1.81 bits per heavy atom. The zero-order chi connectivity index (χ0) is 24.9. The predicted octanol–water partition coefficient (Wildman–Crippen LogP) is 1.61. The molecule has 0 radical (unpaired) electrons. The van der Waals surface area contributed by atoms with Gasteiger partial charge in [0.15, 0.2) is 0 Å². The SMILES string of the molecule is O=C1CCC(N2Cc3cc(O[C@H]4CCCC[C@H]4N4CC(O)(C5CCOCC5)C4)ccc3C2=O)C(=O)N1. The van der Waals surface area contributed by atoms with Gasteiger partial charge < -0.3 is 19.5 Å². The van der Waals surface area contributed by atoms with Crippen molar-refractivity contribution in [2.24, 2.45) is 5.92 Å². The number of rotatable bonds is 5. The zero-order valence-electron chi connectivity index (χ0n) is 20.6. The van der Waals surface area contributed by atoms with E-state index in [9.17, 15) is 19.5 Å². The summed E-state index contributed by atoms with van der Waals surface area (Å²) in [5.41, 5.74) is 0.836. The molecule has 2 N–H and O–H groups in total. The van der Waals surface area contributed by atoms with Crippen LogP contribution in [0.4, 0.5) is 0 Å². The molecule has 1 aliphatic carbocycles. The molecule has 9 heteroatoms. The lowest BCUT2D eigenvalue weighted by Gasteiger charge is -2.56. The molecule has 4 fully saturated rings. The maximum absolute atomic E-state index is 13.0. The van der Waals surface area contributed by atoms with Gasteiger partial charge in [0.25, 0.3) is 5.91 Å². The fourth-order valence-corrected chi connectivity index (χ4v) is 6.82. The fourth-order valence-electron chi connectivity index (χ4n) is 6.82. The van der Waals surface area contributed by atoms with Crippen molar-refractivity contribution in [3.05, 3.63) is 29.3 Å². The summed E-state index contributed by atoms with van der Waals surface area (Å²) in [6.45, 7) is 3.22. The highest BCUT2D eigenvalue weighted by molar-refractivity contribution is 6.05. The van der Waals surface area contributed by atoms with E-state index in [0.29, 0.717) is 37.5 Å². The normalized spacial score (nSPS) is 31.1. The summed E-state index contributed by atoms with van der Waals surface area (Å²) in [5.74, 6) is 0.195. The lowest BCUT2D eigenvalue weighted by molar-refractivity contribution is -0.178. The largest absolute Gasteiger partial charge is 0.489 e. The Morgan fingerprint density at radius 1 is 1.03 bits per heavy atom. The molecule has 0 aromatic heterocycles. The molecule has 4 heterocycles. The number of likely N-dealkylation sites (tertiary alicyclic amines) is 1. The quantitative estimate of drug-likeness (QED) is 0.595. The molecular formula is C27H35N3O6. The molecule has 3 amide bonds. The van der Waals surface area contributed by atoms with Crippen molar-refractivity contribution >= 4 is 17.7 Å². The van der Waals surface area contributed by atoms with Crippen molar-refractivity contribution in [3.63, 3.8) is 0 Å². The van der Waals surface area contributed by atoms with Crippen LogP contribution in [0.5, 0.6) is 5.75 Å². The van der Waals surface area contributed by atoms with E-state index in [1.54, 1.807) is 11.0 Å². The van der Waals surface area contributed by atoms with E-state index in [0.717, 1.165) is 63.1 Å². The maximum Gasteiger partial charge on any atom is 0.255 e. The molecule has 36 heavy (non-hydrogen) atoms. The van der Waals surface area contributed by atoms with Gasteiger partial charge in [-0.1, -0.05) is 6.42 Å². The van der Waals surface area contributed by atoms with Crippen LogP contribution in [0.3, 0.4) is 0 Å². The average Bonchev–Trinajstić information content (AvgIpc) is 3.18. The van der Waals surface area contributed by atoms with E-state index in [1.165, 1.54) is 0 Å². The number of benzene rings is 1. The first kappa shape index (κ1) is 23.9. The Bertz CT molecular complexity index is 1050. The van der Waals surface area contributed by atoms with Crippen LogP contribution in [-0.4, -0.2) is 82.7 Å². The molecule has 3 atom stereocenters. The summed E-state index contributed by atoms with van der Waals surface area (Å²) in [7, 11) is 0. The Hall–Kier alpha value is -2.49. The third kappa shape index (κ3) is 4.31. The smallest absolute Gasteiger partial charge is 0.255 e. The number of amides is 3. The molecule has 6 rings (SSSR count). The summed E-state index contributed by atoms with van der Waals surface area (Å²) < 4.78 is 12.0. The topological polar surface area (TPSA) is 108 Å². The van der Waals surface area contributed by atoms with Crippen LogP contribution >= 0.6 is 0 Å². The van der Waals surface area contributed by atoms with E-state index in [2.05, 4.69) is 10.2 Å². The molecule has 3 saturated heterocycles. The first-order valence-electron chi connectivity index (χ1n) is 13.4. The predicted molar refractivity (Wildman–Crippen MR) is 129 cm³/mol. The van der Waals surface area contributed by atoms with Gasteiger partial charge in [0, 0.05) is 50.9 Å². The van der Waals surface area contributed by atoms with Gasteiger partial charge in [-0.25, -0.2) is 0 Å². The summed E-state index contributed by atoms with van der Waals surface area (Å²) in [6, 6.07) is 5.23. The lowest BCUT2D eigenvalue weighted by atomic mass is 9.74. The molecule has 1 unspecified atom stereocenters. The first-order chi connectivity index (χ1) is 17.4. The van der Waals surface area contributed by atoms with Gasteiger partial charge in [0.2, 0.25) is 11.8 Å². The maximum atomic E-state index is 13.0. The molecular weight excluding hydrogens is 462 g/mol. The minimum absolute atomic E-state index is 0.0411. The molecule has 1 aromatic carbocycles. The summed E-state index contributed by atoms with van der Waals surface area (Å²) in [5, 5.41) is 13.5. The van der Waals surface area contributed by atoms with Crippen LogP contribution in [0.15, 0.2) is 18.2 Å². The van der Waals surface area contributed by atoms with Crippen LogP contribution in [0.25, 0.3) is 0 Å². The molecule has 5 aliphatic rings. The van der Waals surface area contributed by atoms with Crippen molar-refractivity contribution in [1.82, 2.24) is 15.1 Å². The highest BCUT2D eigenvalue weighted by Crippen LogP contribution is 2.40. The Morgan fingerprint density at radius 3 is 2.58 bits per heavy atom. The minimum Gasteiger partial charge on any atom is -0.489 e. The van der Waals surface area contributed by atoms with Crippen molar-refractivity contribution in [3.8, 4) is 5.75 Å². The average molecular weight is 498 g/mol. The number of aliphatic hydroxyl groups is 1. The lowest BCUT2D eigenvalue weighted by Crippen LogP contribution is -2.70. The number of nitrogens with one attached hydrogen (secondary N) is 1. The molecule has 9 nitrogen and oxygen atoms in total. The summed E-state index contributed by atoms with van der Waals surface area (Å²) in [6.07, 6.45) is 6.80. The standard InChI is InChI=1S/C27H35N3O6/c31-24-8-7-22(25(32)28-24)30-14-17-13-19(5-6-20(17)26(30)33)36-23-4-2-1-3-21(23)29-15-27(34,16-29)18-9-11-35-12-10-18/h5-6,13,18,21-23,34H,1-4,7-12,14-16H2,(H,28,31,32)/t21-,22?,23+/m1/s1. The Labute approximate surface area is 211 Å². The number of fused-ring (bicyclic) bond motifs is 1. The van der Waals surface area contributed by atoms with Gasteiger partial charge in [0.05, 0.1) is 5.60 Å². The number of β-amino-alcohol motifs (C(OH)–C–C–N with tert-alkyl or cyclic N) is 1. The highest BCUT2D eigenvalue weighted by Gasteiger charge is 2.51. The van der Waals surface area contributed by atoms with Gasteiger partial charge in [0.1, 0.15) is 17.9 Å². The second kappa shape index (κ2) is 9.43. The van der Waals surface area contributed by atoms with Crippen LogP contribution in [-0.2, 0) is 20.9 Å². The summed E-state index contributed by atoms with van der Waals surface area (Å²) in [4.78, 5) is 40.8. The minimum atomic E-state index is -0.615. The Balaban J connectivity index is 1.11. The van der Waals surface area contributed by atoms with E-state index >= 15 is 0 Å². The first-order valence-corrected chi connectivity index (χ1v) is 13.4.